The molecule has 112 valence electrons. The van der Waals surface area contributed by atoms with Crippen LogP contribution in [-0.4, -0.2) is 51.4 Å². The zero-order chi connectivity index (χ0) is 14.8. The number of methoxy groups -OCH3 is 1. The number of nitrogens with two attached hydrogens (primary N) is 1. The largest absolute Gasteiger partial charge is 0.382 e. The van der Waals surface area contributed by atoms with E-state index in [4.69, 9.17) is 10.5 Å². The second-order valence-corrected chi connectivity index (χ2v) is 5.25. The molecule has 1 fully saturated rings. The minimum absolute atomic E-state index is 0.00956. The third kappa shape index (κ3) is 2.78. The van der Waals surface area contributed by atoms with Gasteiger partial charge in [-0.25, -0.2) is 0 Å². The molecule has 21 heavy (non-hydrogen) atoms. The molecule has 0 unspecified atom stereocenters. The van der Waals surface area contributed by atoms with E-state index in [0.717, 1.165) is 6.42 Å². The second kappa shape index (κ2) is 5.61. The SMILES string of the molecule is CO[C@H]1C[C@@H](Cn2ccc(N)n2)N(C(=O)c2ccc[nH]2)C1. The van der Waals surface area contributed by atoms with Crippen LogP contribution in [0.2, 0.25) is 0 Å². The summed E-state index contributed by atoms with van der Waals surface area (Å²) < 4.78 is 7.19. The third-order valence-electron chi connectivity index (χ3n) is 3.86. The Morgan fingerprint density at radius 2 is 2.43 bits per heavy atom. The van der Waals surface area contributed by atoms with Gasteiger partial charge in [0.15, 0.2) is 0 Å². The Labute approximate surface area is 122 Å². The number of carbonyl (C=O) groups is 1. The Morgan fingerprint density at radius 3 is 3.05 bits per heavy atom. The number of nitrogen functional groups attached to an aromatic ring is 1. The highest BCUT2D eigenvalue weighted by molar-refractivity contribution is 5.92. The van der Waals surface area contributed by atoms with E-state index in [1.54, 1.807) is 30.1 Å². The summed E-state index contributed by atoms with van der Waals surface area (Å²) in [5.41, 5.74) is 6.23. The van der Waals surface area contributed by atoms with Gasteiger partial charge in [-0.3, -0.25) is 9.48 Å². The quantitative estimate of drug-likeness (QED) is 0.868. The van der Waals surface area contributed by atoms with Crippen LogP contribution in [0.1, 0.15) is 16.9 Å². The van der Waals surface area contributed by atoms with E-state index in [1.807, 2.05) is 17.2 Å². The highest BCUT2D eigenvalue weighted by Gasteiger charge is 2.36. The lowest BCUT2D eigenvalue weighted by atomic mass is 10.2. The van der Waals surface area contributed by atoms with Crippen molar-refractivity contribution >= 4 is 11.7 Å². The van der Waals surface area contributed by atoms with E-state index < -0.39 is 0 Å². The molecule has 0 aromatic carbocycles. The molecule has 2 aromatic heterocycles. The predicted molar refractivity (Wildman–Crippen MR) is 77.7 cm³/mol. The first-order valence-corrected chi connectivity index (χ1v) is 6.93. The fraction of sp³-hybridized carbons (Fsp3) is 0.429. The molecule has 1 saturated heterocycles. The first-order chi connectivity index (χ1) is 10.2. The number of aromatic nitrogens is 3. The number of anilines is 1. The zero-order valence-electron chi connectivity index (χ0n) is 11.9. The molecule has 2 atom stereocenters. The maximum Gasteiger partial charge on any atom is 0.270 e. The van der Waals surface area contributed by atoms with E-state index in [1.165, 1.54) is 0 Å². The van der Waals surface area contributed by atoms with Crippen LogP contribution in [0.3, 0.4) is 0 Å². The number of aromatic amines is 1. The van der Waals surface area contributed by atoms with E-state index in [9.17, 15) is 4.79 Å². The highest BCUT2D eigenvalue weighted by atomic mass is 16.5. The lowest BCUT2D eigenvalue weighted by Gasteiger charge is -2.23. The van der Waals surface area contributed by atoms with Gasteiger partial charge in [-0.15, -0.1) is 0 Å². The van der Waals surface area contributed by atoms with E-state index in [-0.39, 0.29) is 18.1 Å². The topological polar surface area (TPSA) is 89.2 Å². The van der Waals surface area contributed by atoms with Crippen molar-refractivity contribution in [3.63, 3.8) is 0 Å². The highest BCUT2D eigenvalue weighted by Crippen LogP contribution is 2.23. The van der Waals surface area contributed by atoms with Crippen LogP contribution < -0.4 is 5.73 Å². The third-order valence-corrected chi connectivity index (χ3v) is 3.86. The number of nitrogens with one attached hydrogen (secondary N) is 1. The van der Waals surface area contributed by atoms with E-state index >= 15 is 0 Å². The van der Waals surface area contributed by atoms with Crippen molar-refractivity contribution < 1.29 is 9.53 Å². The molecule has 7 nitrogen and oxygen atoms in total. The molecular formula is C14H19N5O2. The van der Waals surface area contributed by atoms with Gasteiger partial charge >= 0.3 is 0 Å². The fourth-order valence-corrected chi connectivity index (χ4v) is 2.78. The Morgan fingerprint density at radius 1 is 1.57 bits per heavy atom. The number of likely N-dealkylation sites (tertiary alicyclic amines) is 1. The van der Waals surface area contributed by atoms with Crippen molar-refractivity contribution in [2.75, 3.05) is 19.4 Å². The van der Waals surface area contributed by atoms with E-state index in [2.05, 4.69) is 10.1 Å². The molecule has 7 heteroatoms. The van der Waals surface area contributed by atoms with Gasteiger partial charge in [0.2, 0.25) is 0 Å². The monoisotopic (exact) mass is 289 g/mol. The molecule has 3 rings (SSSR count). The second-order valence-electron chi connectivity index (χ2n) is 5.25. The summed E-state index contributed by atoms with van der Waals surface area (Å²) >= 11 is 0. The number of amides is 1. The molecule has 3 N–H and O–H groups in total. The molecule has 0 saturated carbocycles. The Kier molecular flexibility index (Phi) is 3.66. The van der Waals surface area contributed by atoms with Gasteiger partial charge in [0, 0.05) is 26.0 Å². The van der Waals surface area contributed by atoms with Gasteiger partial charge in [0.1, 0.15) is 11.5 Å². The standard InChI is InChI=1S/C14H19N5O2/c1-21-11-7-10(8-18-6-4-13(15)17-18)19(9-11)14(20)12-3-2-5-16-12/h2-6,10-11,16H,7-9H2,1H3,(H2,15,17)/t10-,11-/m0/s1. The van der Waals surface area contributed by atoms with E-state index in [0.29, 0.717) is 24.6 Å². The molecule has 1 aliphatic heterocycles. The van der Waals surface area contributed by atoms with Crippen molar-refractivity contribution in [1.29, 1.82) is 0 Å². The molecule has 1 aliphatic rings. The lowest BCUT2D eigenvalue weighted by Crippen LogP contribution is -2.38. The maximum atomic E-state index is 12.6. The lowest BCUT2D eigenvalue weighted by molar-refractivity contribution is 0.0674. The van der Waals surface area contributed by atoms with Gasteiger partial charge in [0.25, 0.3) is 5.91 Å². The van der Waals surface area contributed by atoms with Crippen molar-refractivity contribution in [3.05, 3.63) is 36.3 Å². The van der Waals surface area contributed by atoms with Crippen molar-refractivity contribution in [1.82, 2.24) is 19.7 Å². The summed E-state index contributed by atoms with van der Waals surface area (Å²) in [5.74, 6) is 0.475. The molecule has 0 aliphatic carbocycles. The maximum absolute atomic E-state index is 12.6. The summed E-state index contributed by atoms with van der Waals surface area (Å²) in [5, 5.41) is 4.19. The van der Waals surface area contributed by atoms with Crippen LogP contribution in [-0.2, 0) is 11.3 Å². The average molecular weight is 289 g/mol. The van der Waals surface area contributed by atoms with Crippen LogP contribution in [0.15, 0.2) is 30.6 Å². The summed E-state index contributed by atoms with van der Waals surface area (Å²) in [4.78, 5) is 17.4. The minimum Gasteiger partial charge on any atom is -0.382 e. The molecule has 2 aromatic rings. The first kappa shape index (κ1) is 13.7. The van der Waals surface area contributed by atoms with Crippen LogP contribution >= 0.6 is 0 Å². The number of hydrogen-bond acceptors (Lipinski definition) is 4. The molecule has 1 amide bonds. The Bertz CT molecular complexity index is 607. The average Bonchev–Trinajstić information content (AvgIpc) is 3.19. The predicted octanol–water partition coefficient (Wildman–Crippen LogP) is 0.723. The van der Waals surface area contributed by atoms with Gasteiger partial charge in [-0.2, -0.15) is 5.10 Å². The van der Waals surface area contributed by atoms with Crippen LogP contribution in [0, 0.1) is 0 Å². The summed E-state index contributed by atoms with van der Waals surface area (Å²) in [7, 11) is 1.68. The number of hydrogen-bond donors (Lipinski definition) is 2. The normalized spacial score (nSPS) is 21.9. The number of carbonyl (C=O) groups excluding carboxylic acids is 1. The first-order valence-electron chi connectivity index (χ1n) is 6.93. The number of nitrogens with zero attached hydrogens (tertiary/aromatic N) is 3. The van der Waals surface area contributed by atoms with Crippen molar-refractivity contribution in [2.45, 2.75) is 25.1 Å². The van der Waals surface area contributed by atoms with Gasteiger partial charge in [-0.1, -0.05) is 0 Å². The van der Waals surface area contributed by atoms with Crippen LogP contribution in [0.4, 0.5) is 5.82 Å². The van der Waals surface area contributed by atoms with Crippen LogP contribution in [0.5, 0.6) is 0 Å². The molecule has 0 radical (unpaired) electrons. The Hall–Kier alpha value is -2.28. The molecule has 0 bridgehead atoms. The summed E-state index contributed by atoms with van der Waals surface area (Å²) in [6.07, 6.45) is 4.43. The Balaban J connectivity index is 1.77. The van der Waals surface area contributed by atoms with Crippen LogP contribution in [0.25, 0.3) is 0 Å². The van der Waals surface area contributed by atoms with Gasteiger partial charge < -0.3 is 20.4 Å². The number of ether oxygens (including phenoxy) is 1. The molecule has 3 heterocycles. The van der Waals surface area contributed by atoms with Crippen molar-refractivity contribution in [2.24, 2.45) is 0 Å². The van der Waals surface area contributed by atoms with Crippen molar-refractivity contribution in [3.8, 4) is 0 Å². The fourth-order valence-electron chi connectivity index (χ4n) is 2.78. The number of H-pyrrole nitrogens is 1. The van der Waals surface area contributed by atoms with Gasteiger partial charge in [0.05, 0.1) is 18.7 Å². The molecule has 0 spiro atoms. The number of rotatable bonds is 4. The molecular weight excluding hydrogens is 270 g/mol. The minimum atomic E-state index is -0.00956. The van der Waals surface area contributed by atoms with Gasteiger partial charge in [-0.05, 0) is 24.6 Å². The smallest absolute Gasteiger partial charge is 0.270 e. The summed E-state index contributed by atoms with van der Waals surface area (Å²) in [6.45, 7) is 1.21. The summed E-state index contributed by atoms with van der Waals surface area (Å²) in [6, 6.07) is 5.40. The zero-order valence-corrected chi connectivity index (χ0v) is 11.9.